The van der Waals surface area contributed by atoms with Crippen LogP contribution in [0, 0.1) is 0 Å². The van der Waals surface area contributed by atoms with Gasteiger partial charge in [-0.15, -0.1) is 10.2 Å². The lowest BCUT2D eigenvalue weighted by Gasteiger charge is -2.11. The van der Waals surface area contributed by atoms with Gasteiger partial charge in [0, 0.05) is 24.2 Å². The number of rotatable bonds is 9. The molecule has 3 aromatic rings. The van der Waals surface area contributed by atoms with Gasteiger partial charge in [0.15, 0.2) is 5.82 Å². The normalized spacial score (nSPS) is 13.7. The van der Waals surface area contributed by atoms with Gasteiger partial charge in [-0.3, -0.25) is 9.52 Å². The number of anilines is 1. The van der Waals surface area contributed by atoms with Gasteiger partial charge in [-0.2, -0.15) is 0 Å². The molecule has 180 valence electrons. The number of hydrogen-bond acceptors (Lipinski definition) is 5. The quantitative estimate of drug-likeness (QED) is 0.479. The molecule has 1 amide bonds. The number of carbonyl (C=O) groups is 1. The Hall–Kier alpha value is -3.20. The van der Waals surface area contributed by atoms with Gasteiger partial charge in [0.1, 0.15) is 5.82 Å². The van der Waals surface area contributed by atoms with E-state index in [0.717, 1.165) is 63.1 Å². The van der Waals surface area contributed by atoms with Crippen LogP contribution in [0.1, 0.15) is 66.6 Å². The number of nitrogens with one attached hydrogen (secondary N) is 2. The highest BCUT2D eigenvalue weighted by atomic mass is 32.2. The number of amides is 1. The van der Waals surface area contributed by atoms with Crippen molar-refractivity contribution < 1.29 is 13.2 Å². The largest absolute Gasteiger partial charge is 0.345 e. The minimum absolute atomic E-state index is 0.0338. The average molecular weight is 482 g/mol. The molecular weight excluding hydrogens is 450 g/mol. The first-order valence-electron chi connectivity index (χ1n) is 11.9. The van der Waals surface area contributed by atoms with Gasteiger partial charge in [0.2, 0.25) is 0 Å². The lowest BCUT2D eigenvalue weighted by molar-refractivity contribution is 0.0949. The number of fused-ring (bicyclic) bond motifs is 1. The van der Waals surface area contributed by atoms with Crippen LogP contribution in [0.5, 0.6) is 0 Å². The van der Waals surface area contributed by atoms with Crippen molar-refractivity contribution in [2.75, 3.05) is 4.72 Å². The zero-order valence-electron chi connectivity index (χ0n) is 19.5. The fourth-order valence-corrected chi connectivity index (χ4v) is 5.18. The molecule has 0 spiro atoms. The Morgan fingerprint density at radius 3 is 2.68 bits per heavy atom. The van der Waals surface area contributed by atoms with E-state index < -0.39 is 10.0 Å². The summed E-state index contributed by atoms with van der Waals surface area (Å²) >= 11 is 0. The van der Waals surface area contributed by atoms with Crippen LogP contribution in [0.4, 0.5) is 5.69 Å². The molecule has 0 radical (unpaired) electrons. The average Bonchev–Trinajstić information content (AvgIpc) is 3.07. The molecule has 0 unspecified atom stereocenters. The van der Waals surface area contributed by atoms with E-state index in [-0.39, 0.29) is 22.9 Å². The molecule has 8 nitrogen and oxygen atoms in total. The van der Waals surface area contributed by atoms with E-state index in [0.29, 0.717) is 5.69 Å². The molecular formula is C25H31N5O3S. The number of aryl methyl sites for hydroxylation is 2. The standard InChI is InChI=1S/C25H31N5O3S/c1-2-3-8-19-12-14-21(15-13-19)29-34(32,33)22-10-7-9-20(17-22)25(31)26-18-24-28-27-23-11-5-4-6-16-30(23)24/h7,9-10,12-15,17,29H,2-6,8,11,16,18H2,1H3,(H,26,31). The smallest absolute Gasteiger partial charge is 0.261 e. The van der Waals surface area contributed by atoms with Crippen molar-refractivity contribution in [3.63, 3.8) is 0 Å². The number of aromatic nitrogens is 3. The summed E-state index contributed by atoms with van der Waals surface area (Å²) < 4.78 is 30.5. The molecule has 2 heterocycles. The van der Waals surface area contributed by atoms with Crippen LogP contribution in [-0.4, -0.2) is 29.1 Å². The topological polar surface area (TPSA) is 106 Å². The predicted molar refractivity (Wildman–Crippen MR) is 131 cm³/mol. The monoisotopic (exact) mass is 481 g/mol. The van der Waals surface area contributed by atoms with Crippen molar-refractivity contribution in [3.05, 3.63) is 71.3 Å². The first-order valence-corrected chi connectivity index (χ1v) is 13.4. The zero-order chi connectivity index (χ0) is 24.0. The van der Waals surface area contributed by atoms with Crippen molar-refractivity contribution in [1.82, 2.24) is 20.1 Å². The summed E-state index contributed by atoms with van der Waals surface area (Å²) in [6, 6.07) is 13.4. The van der Waals surface area contributed by atoms with Gasteiger partial charge in [-0.1, -0.05) is 38.0 Å². The molecule has 34 heavy (non-hydrogen) atoms. The number of benzene rings is 2. The Kier molecular flexibility index (Phi) is 7.62. The van der Waals surface area contributed by atoms with Crippen molar-refractivity contribution in [1.29, 1.82) is 0 Å². The van der Waals surface area contributed by atoms with Crippen LogP contribution in [0.15, 0.2) is 53.4 Å². The summed E-state index contributed by atoms with van der Waals surface area (Å²) in [5, 5.41) is 11.3. The van der Waals surface area contributed by atoms with E-state index >= 15 is 0 Å². The second-order valence-corrected chi connectivity index (χ2v) is 10.3. The molecule has 0 aliphatic carbocycles. The predicted octanol–water partition coefficient (Wildman–Crippen LogP) is 4.08. The zero-order valence-corrected chi connectivity index (χ0v) is 20.3. The fourth-order valence-electron chi connectivity index (χ4n) is 4.08. The van der Waals surface area contributed by atoms with Crippen molar-refractivity contribution in [2.24, 2.45) is 0 Å². The van der Waals surface area contributed by atoms with E-state index in [1.165, 1.54) is 17.7 Å². The lowest BCUT2D eigenvalue weighted by Crippen LogP contribution is -2.25. The lowest BCUT2D eigenvalue weighted by atomic mass is 10.1. The third-order valence-electron chi connectivity index (χ3n) is 6.02. The third-order valence-corrected chi connectivity index (χ3v) is 7.40. The Morgan fingerprint density at radius 2 is 1.88 bits per heavy atom. The van der Waals surface area contributed by atoms with Crippen molar-refractivity contribution in [3.8, 4) is 0 Å². The highest BCUT2D eigenvalue weighted by Crippen LogP contribution is 2.19. The van der Waals surface area contributed by atoms with Gasteiger partial charge in [-0.05, 0) is 61.6 Å². The van der Waals surface area contributed by atoms with Gasteiger partial charge in [0.25, 0.3) is 15.9 Å². The highest BCUT2D eigenvalue weighted by Gasteiger charge is 2.18. The van der Waals surface area contributed by atoms with Crippen molar-refractivity contribution in [2.45, 2.75) is 69.9 Å². The van der Waals surface area contributed by atoms with E-state index in [4.69, 9.17) is 0 Å². The molecule has 9 heteroatoms. The Balaban J connectivity index is 1.41. The maximum absolute atomic E-state index is 12.9. The summed E-state index contributed by atoms with van der Waals surface area (Å²) in [6.07, 6.45) is 7.41. The Morgan fingerprint density at radius 1 is 1.06 bits per heavy atom. The highest BCUT2D eigenvalue weighted by molar-refractivity contribution is 7.92. The SMILES string of the molecule is CCCCc1ccc(NS(=O)(=O)c2cccc(C(=O)NCc3nnc4n3CCCCC4)c2)cc1. The van der Waals surface area contributed by atoms with Crippen LogP contribution in [-0.2, 0) is 36.0 Å². The third kappa shape index (κ3) is 5.83. The molecule has 0 fully saturated rings. The van der Waals surface area contributed by atoms with E-state index in [1.807, 2.05) is 12.1 Å². The van der Waals surface area contributed by atoms with Crippen LogP contribution in [0.2, 0.25) is 0 Å². The van der Waals surface area contributed by atoms with Gasteiger partial charge in [-0.25, -0.2) is 8.42 Å². The molecule has 2 N–H and O–H groups in total. The van der Waals surface area contributed by atoms with Crippen LogP contribution < -0.4 is 10.0 Å². The Bertz CT molecular complexity index is 1240. The van der Waals surface area contributed by atoms with Crippen molar-refractivity contribution >= 4 is 21.6 Å². The summed E-state index contributed by atoms with van der Waals surface area (Å²) in [4.78, 5) is 12.8. The number of unbranched alkanes of at least 4 members (excludes halogenated alkanes) is 1. The molecule has 0 bridgehead atoms. The minimum atomic E-state index is -3.83. The first kappa shape index (κ1) is 23.9. The molecule has 1 aliphatic heterocycles. The van der Waals surface area contributed by atoms with Gasteiger partial charge < -0.3 is 9.88 Å². The molecule has 0 saturated carbocycles. The number of sulfonamides is 1. The Labute approximate surface area is 200 Å². The van der Waals surface area contributed by atoms with Gasteiger partial charge in [0.05, 0.1) is 11.4 Å². The molecule has 0 saturated heterocycles. The molecule has 4 rings (SSSR count). The summed E-state index contributed by atoms with van der Waals surface area (Å²) in [5.41, 5.74) is 1.93. The molecule has 0 atom stereocenters. The molecule has 1 aromatic heterocycles. The number of carbonyl (C=O) groups excluding carboxylic acids is 1. The van der Waals surface area contributed by atoms with Crippen LogP contribution >= 0.6 is 0 Å². The number of nitrogens with zero attached hydrogens (tertiary/aromatic N) is 3. The van der Waals surface area contributed by atoms with Crippen LogP contribution in [0.25, 0.3) is 0 Å². The van der Waals surface area contributed by atoms with Gasteiger partial charge >= 0.3 is 0 Å². The summed E-state index contributed by atoms with van der Waals surface area (Å²) in [6.45, 7) is 3.23. The first-order chi connectivity index (χ1) is 16.5. The van der Waals surface area contributed by atoms with Crippen LogP contribution in [0.3, 0.4) is 0 Å². The van der Waals surface area contributed by atoms with E-state index in [2.05, 4.69) is 31.7 Å². The number of hydrogen-bond donors (Lipinski definition) is 2. The fraction of sp³-hybridized carbons (Fsp3) is 0.400. The van der Waals surface area contributed by atoms with E-state index in [1.54, 1.807) is 24.3 Å². The molecule has 2 aromatic carbocycles. The second-order valence-electron chi connectivity index (χ2n) is 8.61. The summed E-state index contributed by atoms with van der Waals surface area (Å²) in [5.74, 6) is 1.32. The maximum Gasteiger partial charge on any atom is 0.261 e. The minimum Gasteiger partial charge on any atom is -0.345 e. The maximum atomic E-state index is 12.9. The molecule has 1 aliphatic rings. The second kappa shape index (κ2) is 10.8. The summed E-state index contributed by atoms with van der Waals surface area (Å²) in [7, 11) is -3.83. The van der Waals surface area contributed by atoms with E-state index in [9.17, 15) is 13.2 Å².